The van der Waals surface area contributed by atoms with Crippen LogP contribution in [-0.2, 0) is 5.41 Å². The lowest BCUT2D eigenvalue weighted by molar-refractivity contribution is 0.627. The third kappa shape index (κ3) is 8.16. The van der Waals surface area contributed by atoms with Gasteiger partial charge in [0, 0.05) is 40.1 Å². The van der Waals surface area contributed by atoms with Crippen molar-refractivity contribution >= 4 is 17.0 Å². The molecule has 0 unspecified atom stereocenters. The molecule has 3 aromatic heterocycles. The van der Waals surface area contributed by atoms with Crippen molar-refractivity contribution in [3.63, 3.8) is 0 Å². The molecule has 6 aromatic rings. The second-order valence-electron chi connectivity index (χ2n) is 13.4. The number of rotatable bonds is 9. The lowest BCUT2D eigenvalue weighted by Crippen LogP contribution is -2.22. The molecule has 0 amide bonds. The molecule has 0 fully saturated rings. The molecule has 0 bridgehead atoms. The zero-order valence-corrected chi connectivity index (χ0v) is 31.1. The molecule has 0 atom stereocenters. The Kier molecular flexibility index (Phi) is 11.6. The van der Waals surface area contributed by atoms with E-state index in [0.29, 0.717) is 0 Å². The number of allylic oxidation sites excluding steroid dienone is 7. The minimum atomic E-state index is -0.157. The average molecular weight is 668 g/mol. The van der Waals surface area contributed by atoms with Crippen molar-refractivity contribution in [2.45, 2.75) is 53.9 Å². The minimum absolute atomic E-state index is 0.157. The summed E-state index contributed by atoms with van der Waals surface area (Å²) in [6, 6.07) is 32.7. The predicted molar refractivity (Wildman–Crippen MR) is 221 cm³/mol. The number of hydrogen-bond acceptors (Lipinski definition) is 2. The van der Waals surface area contributed by atoms with Gasteiger partial charge in [-0.25, -0.2) is 4.98 Å². The second kappa shape index (κ2) is 16.3. The van der Waals surface area contributed by atoms with E-state index in [1.165, 1.54) is 49.9 Å². The average Bonchev–Trinajstić information content (AvgIpc) is 3.41. The summed E-state index contributed by atoms with van der Waals surface area (Å²) in [5, 5.41) is 1.19. The maximum atomic E-state index is 4.64. The van der Waals surface area contributed by atoms with Gasteiger partial charge in [-0.1, -0.05) is 136 Å². The quantitative estimate of drug-likeness (QED) is 0.144. The number of aryl methyl sites for hydroxylation is 2. The van der Waals surface area contributed by atoms with Gasteiger partial charge in [0.2, 0.25) is 0 Å². The first-order valence-electron chi connectivity index (χ1n) is 17.5. The molecule has 0 N–H and O–H groups in total. The predicted octanol–water partition coefficient (Wildman–Crippen LogP) is 12.9. The van der Waals surface area contributed by atoms with E-state index >= 15 is 0 Å². The van der Waals surface area contributed by atoms with Gasteiger partial charge in [-0.2, -0.15) is 0 Å². The summed E-state index contributed by atoms with van der Waals surface area (Å²) in [7, 11) is 0. The van der Waals surface area contributed by atoms with Gasteiger partial charge in [0.05, 0.1) is 5.52 Å². The van der Waals surface area contributed by atoms with Gasteiger partial charge in [0.1, 0.15) is 5.82 Å². The third-order valence-corrected chi connectivity index (χ3v) is 9.36. The van der Waals surface area contributed by atoms with Crippen molar-refractivity contribution in [1.82, 2.24) is 14.5 Å². The SMILES string of the molecule is C=C(C)/C=C\C=C/C.C=C/C=C\c1c(C)n(-c2ccccn2)c2ccc(-c3ccc(-c4ccc(C)c(C(C)(C)c5cccnc5C)c4)cc3)cc12. The Morgan fingerprint density at radius 1 is 0.725 bits per heavy atom. The molecule has 3 heteroatoms. The molecular weight excluding hydrogens is 619 g/mol. The molecule has 3 heterocycles. The summed E-state index contributed by atoms with van der Waals surface area (Å²) in [4.78, 5) is 9.20. The first-order valence-corrected chi connectivity index (χ1v) is 17.5. The monoisotopic (exact) mass is 667 g/mol. The Balaban J connectivity index is 0.000000565. The molecule has 256 valence electrons. The Hall–Kier alpha value is -5.80. The third-order valence-electron chi connectivity index (χ3n) is 9.36. The van der Waals surface area contributed by atoms with Crippen LogP contribution in [-0.4, -0.2) is 14.5 Å². The minimum Gasteiger partial charge on any atom is -0.298 e. The van der Waals surface area contributed by atoms with Gasteiger partial charge in [0.25, 0.3) is 0 Å². The summed E-state index contributed by atoms with van der Waals surface area (Å²) in [5.74, 6) is 0.916. The molecule has 6 rings (SSSR count). The highest BCUT2D eigenvalue weighted by molar-refractivity contribution is 5.95. The maximum Gasteiger partial charge on any atom is 0.137 e. The topological polar surface area (TPSA) is 30.7 Å². The van der Waals surface area contributed by atoms with Crippen molar-refractivity contribution in [3.8, 4) is 28.1 Å². The zero-order valence-electron chi connectivity index (χ0n) is 31.1. The number of hydrogen-bond donors (Lipinski definition) is 0. The fourth-order valence-corrected chi connectivity index (χ4v) is 6.73. The van der Waals surface area contributed by atoms with Crippen LogP contribution in [0.4, 0.5) is 0 Å². The molecule has 0 saturated carbocycles. The largest absolute Gasteiger partial charge is 0.298 e. The van der Waals surface area contributed by atoms with Crippen LogP contribution in [0.5, 0.6) is 0 Å². The standard InChI is InChI=1S/C40H37N3.C8H12/c1-7-8-12-34-29(4)43(39-14-9-10-23-42-39)38-22-21-32(25-35(34)38)30-17-19-31(20-18-30)33-16-15-27(2)37(26-33)40(5,6)36-13-11-24-41-28(36)3;1-4-5-6-7-8(2)3/h7-26H,1H2,2-6H3;4-7H,2H2,1,3H3/b12-8-;5-4-,7-6-. The van der Waals surface area contributed by atoms with Crippen LogP contribution in [0.15, 0.2) is 159 Å². The Morgan fingerprint density at radius 2 is 1.39 bits per heavy atom. The van der Waals surface area contributed by atoms with Gasteiger partial charge < -0.3 is 0 Å². The number of fused-ring (bicyclic) bond motifs is 1. The van der Waals surface area contributed by atoms with Crippen LogP contribution in [0.2, 0.25) is 0 Å². The van der Waals surface area contributed by atoms with Gasteiger partial charge >= 0.3 is 0 Å². The molecule has 0 radical (unpaired) electrons. The highest BCUT2D eigenvalue weighted by Gasteiger charge is 2.27. The van der Waals surface area contributed by atoms with Crippen LogP contribution < -0.4 is 0 Å². The smallest absolute Gasteiger partial charge is 0.137 e. The fraction of sp³-hybridized carbons (Fsp3) is 0.167. The van der Waals surface area contributed by atoms with E-state index in [0.717, 1.165) is 28.3 Å². The van der Waals surface area contributed by atoms with E-state index < -0.39 is 0 Å². The summed E-state index contributed by atoms with van der Waals surface area (Å²) in [5.41, 5.74) is 14.1. The first-order chi connectivity index (χ1) is 24.6. The van der Waals surface area contributed by atoms with Gasteiger partial charge in [-0.05, 0) is 104 Å². The first kappa shape index (κ1) is 36.5. The Bertz CT molecular complexity index is 2240. The van der Waals surface area contributed by atoms with Crippen molar-refractivity contribution < 1.29 is 0 Å². The number of pyridine rings is 2. The van der Waals surface area contributed by atoms with E-state index in [1.807, 2.05) is 80.9 Å². The van der Waals surface area contributed by atoms with E-state index in [1.54, 1.807) is 0 Å². The van der Waals surface area contributed by atoms with Crippen LogP contribution >= 0.6 is 0 Å². The lowest BCUT2D eigenvalue weighted by atomic mass is 9.75. The highest BCUT2D eigenvalue weighted by Crippen LogP contribution is 2.38. The van der Waals surface area contributed by atoms with Crippen molar-refractivity contribution in [3.05, 3.63) is 192 Å². The Morgan fingerprint density at radius 3 is 2.02 bits per heavy atom. The summed E-state index contributed by atoms with van der Waals surface area (Å²) >= 11 is 0. The van der Waals surface area contributed by atoms with E-state index in [4.69, 9.17) is 0 Å². The molecule has 51 heavy (non-hydrogen) atoms. The van der Waals surface area contributed by atoms with Gasteiger partial charge in [-0.3, -0.25) is 9.55 Å². The second-order valence-corrected chi connectivity index (χ2v) is 13.4. The van der Waals surface area contributed by atoms with Gasteiger partial charge in [0.15, 0.2) is 0 Å². The van der Waals surface area contributed by atoms with E-state index in [9.17, 15) is 0 Å². The fourth-order valence-electron chi connectivity index (χ4n) is 6.73. The van der Waals surface area contributed by atoms with Gasteiger partial charge in [-0.15, -0.1) is 0 Å². The summed E-state index contributed by atoms with van der Waals surface area (Å²) in [6.07, 6.45) is 17.6. The molecule has 0 aliphatic heterocycles. The van der Waals surface area contributed by atoms with Crippen molar-refractivity contribution in [2.75, 3.05) is 0 Å². The molecular formula is C48H49N3. The number of aromatic nitrogens is 3. The molecule has 0 aliphatic carbocycles. The van der Waals surface area contributed by atoms with Crippen molar-refractivity contribution in [1.29, 1.82) is 0 Å². The van der Waals surface area contributed by atoms with Crippen LogP contribution in [0.3, 0.4) is 0 Å². The normalized spacial score (nSPS) is 11.7. The summed E-state index contributed by atoms with van der Waals surface area (Å²) < 4.78 is 2.23. The van der Waals surface area contributed by atoms with E-state index in [-0.39, 0.29) is 5.41 Å². The summed E-state index contributed by atoms with van der Waals surface area (Å²) in [6.45, 7) is 22.6. The lowest BCUT2D eigenvalue weighted by Gasteiger charge is -2.29. The molecule has 0 spiro atoms. The van der Waals surface area contributed by atoms with Crippen LogP contribution in [0.25, 0.3) is 45.1 Å². The van der Waals surface area contributed by atoms with Crippen LogP contribution in [0, 0.1) is 20.8 Å². The van der Waals surface area contributed by atoms with Crippen molar-refractivity contribution in [2.24, 2.45) is 0 Å². The molecule has 3 nitrogen and oxygen atoms in total. The number of nitrogens with zero attached hydrogens (tertiary/aromatic N) is 3. The molecule has 3 aromatic carbocycles. The number of benzene rings is 3. The molecule has 0 aliphatic rings. The maximum absolute atomic E-state index is 4.64. The van der Waals surface area contributed by atoms with Crippen LogP contribution in [0.1, 0.15) is 61.3 Å². The highest BCUT2D eigenvalue weighted by atomic mass is 15.1. The van der Waals surface area contributed by atoms with E-state index in [2.05, 4.69) is 141 Å². The Labute approximate surface area is 304 Å². The molecule has 0 saturated heterocycles. The zero-order chi connectivity index (χ0) is 36.5.